The molecular formula is C18H20N2O11P2. The molecule has 4 atom stereocenters. The quantitative estimate of drug-likeness (QED) is 0.354. The summed E-state index contributed by atoms with van der Waals surface area (Å²) in [6, 6.07) is 7.73. The van der Waals surface area contributed by atoms with E-state index in [1.54, 1.807) is 18.2 Å². The molecule has 1 aromatic heterocycles. The second-order valence-corrected chi connectivity index (χ2v) is 10.6. The van der Waals surface area contributed by atoms with E-state index in [4.69, 9.17) is 24.0 Å². The summed E-state index contributed by atoms with van der Waals surface area (Å²) in [5.74, 6) is 0.521. The number of ether oxygens (including phenoxy) is 3. The second kappa shape index (κ2) is 8.55. The molecule has 4 rings (SSSR count). The van der Waals surface area contributed by atoms with E-state index in [0.717, 1.165) is 16.8 Å². The van der Waals surface area contributed by atoms with Gasteiger partial charge in [0.25, 0.3) is 5.56 Å². The molecule has 2 aromatic rings. The van der Waals surface area contributed by atoms with Crippen LogP contribution < -0.4 is 11.2 Å². The Morgan fingerprint density at radius 2 is 1.79 bits per heavy atom. The zero-order valence-electron chi connectivity index (χ0n) is 16.8. The number of nitrogens with zero attached hydrogens (tertiary/aromatic N) is 1. The van der Waals surface area contributed by atoms with E-state index in [-0.39, 0.29) is 24.2 Å². The fraction of sp³-hybridized carbons (Fsp3) is 0.333. The smallest absolute Gasteiger partial charge is 0.349 e. The molecule has 0 radical (unpaired) electrons. The SMILES string of the molecule is O=c1[nH]c(=O)n([C@H]2C[C@H]3O[C@](c4ccccc4)(P(=O)(O)O)OC[C@H]3O2)cc1/C=C/P(=O)(O)O. The number of hydrogen-bond donors (Lipinski definition) is 5. The lowest BCUT2D eigenvalue weighted by Gasteiger charge is -2.41. The van der Waals surface area contributed by atoms with Gasteiger partial charge in [-0.25, -0.2) is 4.79 Å². The van der Waals surface area contributed by atoms with Gasteiger partial charge in [0.15, 0.2) is 0 Å². The molecule has 15 heteroatoms. The first-order valence-corrected chi connectivity index (χ1v) is 12.9. The molecule has 2 fully saturated rings. The fourth-order valence-corrected chi connectivity index (χ4v) is 5.07. The zero-order valence-corrected chi connectivity index (χ0v) is 18.5. The van der Waals surface area contributed by atoms with Crippen molar-refractivity contribution < 1.29 is 42.9 Å². The van der Waals surface area contributed by atoms with Crippen molar-refractivity contribution in [2.24, 2.45) is 0 Å². The van der Waals surface area contributed by atoms with E-state index in [2.05, 4.69) is 0 Å². The van der Waals surface area contributed by atoms with Gasteiger partial charge in [-0.05, 0) is 6.08 Å². The van der Waals surface area contributed by atoms with Crippen LogP contribution in [0.5, 0.6) is 0 Å². The molecule has 0 unspecified atom stereocenters. The highest BCUT2D eigenvalue weighted by Gasteiger charge is 2.59. The number of H-pyrrole nitrogens is 1. The third-order valence-electron chi connectivity index (χ3n) is 5.21. The van der Waals surface area contributed by atoms with Gasteiger partial charge < -0.3 is 33.8 Å². The highest BCUT2D eigenvalue weighted by atomic mass is 31.2. The number of benzene rings is 1. The number of aromatic nitrogens is 2. The van der Waals surface area contributed by atoms with Gasteiger partial charge in [0.05, 0.1) is 18.3 Å². The minimum absolute atomic E-state index is 0.0177. The Labute approximate surface area is 185 Å². The molecule has 0 bridgehead atoms. The lowest BCUT2D eigenvalue weighted by Crippen LogP contribution is -2.48. The summed E-state index contributed by atoms with van der Waals surface area (Å²) < 4.78 is 41.5. The summed E-state index contributed by atoms with van der Waals surface area (Å²) in [6.07, 6.45) is -0.708. The average Bonchev–Trinajstić information content (AvgIpc) is 3.15. The van der Waals surface area contributed by atoms with Crippen LogP contribution in [0, 0.1) is 0 Å². The van der Waals surface area contributed by atoms with E-state index in [0.29, 0.717) is 5.82 Å². The van der Waals surface area contributed by atoms with Gasteiger partial charge >= 0.3 is 26.4 Å². The summed E-state index contributed by atoms with van der Waals surface area (Å²) in [4.78, 5) is 64.4. The summed E-state index contributed by atoms with van der Waals surface area (Å²) in [5, 5.41) is 0. The molecule has 1 aromatic carbocycles. The van der Waals surface area contributed by atoms with Gasteiger partial charge in [0.1, 0.15) is 12.3 Å². The van der Waals surface area contributed by atoms with Crippen molar-refractivity contribution in [3.63, 3.8) is 0 Å². The van der Waals surface area contributed by atoms with E-state index >= 15 is 0 Å². The van der Waals surface area contributed by atoms with Gasteiger partial charge in [-0.2, -0.15) is 0 Å². The molecular weight excluding hydrogens is 482 g/mol. The predicted molar refractivity (Wildman–Crippen MR) is 112 cm³/mol. The Morgan fingerprint density at radius 3 is 2.42 bits per heavy atom. The molecule has 3 heterocycles. The molecule has 0 spiro atoms. The minimum Gasteiger partial charge on any atom is -0.349 e. The van der Waals surface area contributed by atoms with Crippen molar-refractivity contribution >= 4 is 21.3 Å². The third-order valence-corrected chi connectivity index (χ3v) is 7.01. The van der Waals surface area contributed by atoms with Gasteiger partial charge in [-0.1, -0.05) is 30.3 Å². The van der Waals surface area contributed by atoms with Crippen LogP contribution in [0.4, 0.5) is 0 Å². The molecule has 2 aliphatic heterocycles. The van der Waals surface area contributed by atoms with Gasteiger partial charge in [-0.15, -0.1) is 0 Å². The molecule has 13 nitrogen and oxygen atoms in total. The average molecular weight is 502 g/mol. The van der Waals surface area contributed by atoms with E-state index in [1.165, 1.54) is 12.1 Å². The van der Waals surface area contributed by atoms with Gasteiger partial charge in [0.2, 0.25) is 0 Å². The van der Waals surface area contributed by atoms with E-state index in [1.807, 2.05) is 4.98 Å². The summed E-state index contributed by atoms with van der Waals surface area (Å²) in [5.41, 5.74) is -4.14. The van der Waals surface area contributed by atoms with Gasteiger partial charge in [-0.3, -0.25) is 23.5 Å². The monoisotopic (exact) mass is 502 g/mol. The Balaban J connectivity index is 1.64. The number of aromatic amines is 1. The van der Waals surface area contributed by atoms with Crippen LogP contribution in [0.25, 0.3) is 6.08 Å². The maximum atomic E-state index is 12.4. The Hall–Kier alpha value is -2.18. The van der Waals surface area contributed by atoms with Crippen molar-refractivity contribution in [1.29, 1.82) is 0 Å². The van der Waals surface area contributed by atoms with Crippen LogP contribution in [0.15, 0.2) is 51.9 Å². The molecule has 2 saturated heterocycles. The normalized spacial score (nSPS) is 28.2. The Morgan fingerprint density at radius 1 is 1.09 bits per heavy atom. The lowest BCUT2D eigenvalue weighted by molar-refractivity contribution is -0.282. The van der Waals surface area contributed by atoms with Crippen LogP contribution in [0.2, 0.25) is 0 Å². The maximum Gasteiger partial charge on any atom is 0.389 e. The Kier molecular flexibility index (Phi) is 6.21. The van der Waals surface area contributed by atoms with Crippen LogP contribution >= 0.6 is 15.2 Å². The zero-order chi connectivity index (χ0) is 24.0. The van der Waals surface area contributed by atoms with Crippen molar-refractivity contribution in [2.75, 3.05) is 6.61 Å². The van der Waals surface area contributed by atoms with Gasteiger partial charge in [0, 0.05) is 24.0 Å². The van der Waals surface area contributed by atoms with E-state index < -0.39 is 50.4 Å². The molecule has 2 aliphatic rings. The molecule has 0 aliphatic carbocycles. The third kappa shape index (κ3) is 4.73. The summed E-state index contributed by atoms with van der Waals surface area (Å²) >= 11 is 0. The number of nitrogens with one attached hydrogen (secondary N) is 1. The highest BCUT2D eigenvalue weighted by molar-refractivity contribution is 7.55. The lowest BCUT2D eigenvalue weighted by atomic mass is 10.1. The number of hydrogen-bond acceptors (Lipinski definition) is 7. The van der Waals surface area contributed by atoms with Crippen LogP contribution in [-0.4, -0.2) is 47.9 Å². The minimum atomic E-state index is -4.98. The van der Waals surface area contributed by atoms with E-state index in [9.17, 15) is 28.5 Å². The van der Waals surface area contributed by atoms with Crippen LogP contribution in [0.1, 0.15) is 23.8 Å². The topological polar surface area (TPSA) is 198 Å². The first kappa shape index (κ1) is 24.0. The molecule has 5 N–H and O–H groups in total. The second-order valence-electron chi connectivity index (χ2n) is 7.48. The van der Waals surface area contributed by atoms with Crippen molar-refractivity contribution in [3.05, 3.63) is 74.3 Å². The first-order valence-electron chi connectivity index (χ1n) is 9.58. The van der Waals surface area contributed by atoms with Crippen LogP contribution in [0.3, 0.4) is 0 Å². The highest BCUT2D eigenvalue weighted by Crippen LogP contribution is 2.61. The molecule has 178 valence electrons. The van der Waals surface area contributed by atoms with Crippen molar-refractivity contribution in [2.45, 2.75) is 30.4 Å². The molecule has 0 amide bonds. The first-order chi connectivity index (χ1) is 15.4. The number of fused-ring (bicyclic) bond motifs is 1. The fourth-order valence-electron chi connectivity index (χ4n) is 3.71. The predicted octanol–water partition coefficient (Wildman–Crippen LogP) is 0.376. The maximum absolute atomic E-state index is 12.4. The van der Waals surface area contributed by atoms with Crippen LogP contribution in [-0.2, 0) is 28.9 Å². The standard InChI is InChI=1S/C18H20N2O11P2/c21-16-11(6-7-32(23,24)25)9-20(17(22)19-16)15-8-13-14(30-15)10-29-18(31-13,33(26,27)28)12-4-2-1-3-5-12/h1-7,9,13-15H,8,10H2,(H,19,21,22)(H2,23,24,25)(H2,26,27,28)/b7-6+/t13-,14-,15-,18-/m1/s1. The van der Waals surface area contributed by atoms with Crippen molar-refractivity contribution in [1.82, 2.24) is 9.55 Å². The Bertz CT molecular complexity index is 1280. The summed E-state index contributed by atoms with van der Waals surface area (Å²) in [6.45, 7) is -0.246. The largest absolute Gasteiger partial charge is 0.389 e. The summed E-state index contributed by atoms with van der Waals surface area (Å²) in [7, 11) is -9.53. The van der Waals surface area contributed by atoms with Crippen molar-refractivity contribution in [3.8, 4) is 0 Å². The molecule has 33 heavy (non-hydrogen) atoms. The number of rotatable bonds is 5. The molecule has 0 saturated carbocycles.